The lowest BCUT2D eigenvalue weighted by atomic mass is 10.1. The summed E-state index contributed by atoms with van der Waals surface area (Å²) in [6.07, 6.45) is 0.0788. The van der Waals surface area contributed by atoms with Crippen molar-refractivity contribution in [1.82, 2.24) is 0 Å². The summed E-state index contributed by atoms with van der Waals surface area (Å²) in [5.41, 5.74) is -0.0909. The molecule has 1 heterocycles. The third-order valence-electron chi connectivity index (χ3n) is 3.91. The number of ether oxygens (including phenoxy) is 2. The maximum Gasteiger partial charge on any atom is 0.326 e. The third kappa shape index (κ3) is 4.28. The number of halogens is 2. The van der Waals surface area contributed by atoms with Crippen LogP contribution in [0.25, 0.3) is 0 Å². The van der Waals surface area contributed by atoms with Crippen LogP contribution in [-0.2, 0) is 14.3 Å². The van der Waals surface area contributed by atoms with Crippen LogP contribution in [0, 0.1) is 11.6 Å². The lowest BCUT2D eigenvalue weighted by Gasteiger charge is -2.20. The Balaban J connectivity index is 1.66. The van der Waals surface area contributed by atoms with Gasteiger partial charge in [0.1, 0.15) is 23.9 Å². The van der Waals surface area contributed by atoms with E-state index in [1.807, 2.05) is 0 Å². The predicted octanol–water partition coefficient (Wildman–Crippen LogP) is 2.51. The predicted molar refractivity (Wildman–Crippen MR) is 90.6 cm³/mol. The van der Waals surface area contributed by atoms with Crippen LogP contribution in [0.15, 0.2) is 42.5 Å². The molecule has 2 aromatic carbocycles. The molecule has 27 heavy (non-hydrogen) atoms. The quantitative estimate of drug-likeness (QED) is 0.593. The molecule has 3 rings (SSSR count). The van der Waals surface area contributed by atoms with E-state index in [0.717, 1.165) is 18.2 Å². The maximum atomic E-state index is 13.6. The second-order valence-corrected chi connectivity index (χ2v) is 5.75. The lowest BCUT2D eigenvalue weighted by Crippen LogP contribution is -2.36. The Kier molecular flexibility index (Phi) is 5.44. The number of hydrogen-bond acceptors (Lipinski definition) is 5. The summed E-state index contributed by atoms with van der Waals surface area (Å²) in [5.74, 6) is -3.31. The fourth-order valence-corrected chi connectivity index (χ4v) is 2.60. The number of rotatable bonds is 5. The Morgan fingerprint density at radius 3 is 2.74 bits per heavy atom. The Morgan fingerprint density at radius 2 is 1.93 bits per heavy atom. The van der Waals surface area contributed by atoms with Gasteiger partial charge in [-0.2, -0.15) is 0 Å². The Bertz CT molecular complexity index is 899. The van der Waals surface area contributed by atoms with E-state index in [1.165, 1.54) is 4.90 Å². The SMILES string of the molecule is O=C(CN1C(=O)CCOc2ccccc21)OCC(=O)c1cc(F)ccc1F. The van der Waals surface area contributed by atoms with Crippen LogP contribution < -0.4 is 9.64 Å². The smallest absolute Gasteiger partial charge is 0.326 e. The van der Waals surface area contributed by atoms with Gasteiger partial charge in [0, 0.05) is 0 Å². The van der Waals surface area contributed by atoms with E-state index in [1.54, 1.807) is 24.3 Å². The van der Waals surface area contributed by atoms with Gasteiger partial charge in [-0.15, -0.1) is 0 Å². The number of carbonyl (C=O) groups excluding carboxylic acids is 3. The number of benzene rings is 2. The van der Waals surface area contributed by atoms with E-state index in [9.17, 15) is 23.2 Å². The number of nitrogens with zero attached hydrogens (tertiary/aromatic N) is 1. The zero-order chi connectivity index (χ0) is 19.4. The summed E-state index contributed by atoms with van der Waals surface area (Å²) in [7, 11) is 0. The van der Waals surface area contributed by atoms with E-state index in [0.29, 0.717) is 11.4 Å². The van der Waals surface area contributed by atoms with Crippen molar-refractivity contribution in [2.45, 2.75) is 6.42 Å². The molecule has 0 radical (unpaired) electrons. The average molecular weight is 375 g/mol. The molecule has 0 aliphatic carbocycles. The van der Waals surface area contributed by atoms with Gasteiger partial charge in [-0.25, -0.2) is 8.78 Å². The summed E-state index contributed by atoms with van der Waals surface area (Å²) in [5, 5.41) is 0. The van der Waals surface area contributed by atoms with Gasteiger partial charge in [0.2, 0.25) is 11.7 Å². The molecule has 0 fully saturated rings. The Labute approximate surface area is 153 Å². The maximum absolute atomic E-state index is 13.6. The van der Waals surface area contributed by atoms with Gasteiger partial charge in [-0.3, -0.25) is 19.3 Å². The second kappa shape index (κ2) is 7.94. The molecule has 6 nitrogen and oxygen atoms in total. The van der Waals surface area contributed by atoms with E-state index in [4.69, 9.17) is 9.47 Å². The van der Waals surface area contributed by atoms with E-state index >= 15 is 0 Å². The van der Waals surface area contributed by atoms with Gasteiger partial charge in [-0.05, 0) is 30.3 Å². The third-order valence-corrected chi connectivity index (χ3v) is 3.91. The van der Waals surface area contributed by atoms with Crippen molar-refractivity contribution in [3.05, 3.63) is 59.7 Å². The molecule has 2 aromatic rings. The Morgan fingerprint density at radius 1 is 1.15 bits per heavy atom. The molecular weight excluding hydrogens is 360 g/mol. The molecule has 0 unspecified atom stereocenters. The molecule has 8 heteroatoms. The number of carbonyl (C=O) groups is 3. The van der Waals surface area contributed by atoms with Crippen molar-refractivity contribution >= 4 is 23.3 Å². The monoisotopic (exact) mass is 375 g/mol. The number of ketones is 1. The number of esters is 1. The summed E-state index contributed by atoms with van der Waals surface area (Å²) in [6.45, 7) is -1.02. The normalized spacial score (nSPS) is 13.4. The Hall–Kier alpha value is -3.29. The van der Waals surface area contributed by atoms with Crippen molar-refractivity contribution in [2.75, 3.05) is 24.7 Å². The molecule has 0 aromatic heterocycles. The van der Waals surface area contributed by atoms with Crippen LogP contribution in [0.2, 0.25) is 0 Å². The lowest BCUT2D eigenvalue weighted by molar-refractivity contribution is -0.141. The molecule has 0 spiro atoms. The number of fused-ring (bicyclic) bond motifs is 1. The fourth-order valence-electron chi connectivity index (χ4n) is 2.60. The van der Waals surface area contributed by atoms with Crippen molar-refractivity contribution in [1.29, 1.82) is 0 Å². The standard InChI is InChI=1S/C19H15F2NO5/c20-12-5-6-14(21)13(9-12)16(23)11-27-19(25)10-22-15-3-1-2-4-17(15)26-8-7-18(22)24/h1-6,9H,7-8,10-11H2. The summed E-state index contributed by atoms with van der Waals surface area (Å²) < 4.78 is 37.1. The van der Waals surface area contributed by atoms with Crippen LogP contribution >= 0.6 is 0 Å². The van der Waals surface area contributed by atoms with Gasteiger partial charge in [-0.1, -0.05) is 12.1 Å². The summed E-state index contributed by atoms with van der Waals surface area (Å²) >= 11 is 0. The molecule has 1 aliphatic rings. The number of para-hydroxylation sites is 2. The highest BCUT2D eigenvalue weighted by molar-refractivity contribution is 6.01. The molecule has 0 atom stereocenters. The molecule has 0 bridgehead atoms. The van der Waals surface area contributed by atoms with Crippen LogP contribution in [0.5, 0.6) is 5.75 Å². The first kappa shape index (κ1) is 18.5. The molecule has 1 aliphatic heterocycles. The summed E-state index contributed by atoms with van der Waals surface area (Å²) in [4.78, 5) is 37.5. The van der Waals surface area contributed by atoms with Crippen molar-refractivity contribution in [3.63, 3.8) is 0 Å². The minimum atomic E-state index is -0.911. The average Bonchev–Trinajstić information content (AvgIpc) is 2.81. The summed E-state index contributed by atoms with van der Waals surface area (Å²) in [6, 6.07) is 9.14. The molecule has 140 valence electrons. The van der Waals surface area contributed by atoms with Crippen molar-refractivity contribution in [2.24, 2.45) is 0 Å². The first-order valence-corrected chi connectivity index (χ1v) is 8.12. The molecule has 1 amide bonds. The number of anilines is 1. The van der Waals surface area contributed by atoms with Crippen LogP contribution in [0.3, 0.4) is 0 Å². The number of amides is 1. The largest absolute Gasteiger partial charge is 0.491 e. The number of hydrogen-bond donors (Lipinski definition) is 0. The van der Waals surface area contributed by atoms with Crippen molar-refractivity contribution in [3.8, 4) is 5.75 Å². The minimum Gasteiger partial charge on any atom is -0.491 e. The van der Waals surface area contributed by atoms with Gasteiger partial charge in [0.15, 0.2) is 6.61 Å². The fraction of sp³-hybridized carbons (Fsp3) is 0.211. The van der Waals surface area contributed by atoms with Crippen molar-refractivity contribution < 1.29 is 32.6 Å². The highest BCUT2D eigenvalue weighted by Crippen LogP contribution is 2.30. The molecular formula is C19H15F2NO5. The number of Topliss-reactive ketones (excluding diaryl/α,β-unsaturated/α-hetero) is 1. The zero-order valence-corrected chi connectivity index (χ0v) is 14.1. The van der Waals surface area contributed by atoms with Gasteiger partial charge < -0.3 is 9.47 Å². The van der Waals surface area contributed by atoms with E-state index in [-0.39, 0.29) is 18.9 Å². The van der Waals surface area contributed by atoms with Gasteiger partial charge >= 0.3 is 5.97 Å². The zero-order valence-electron chi connectivity index (χ0n) is 14.1. The highest BCUT2D eigenvalue weighted by atomic mass is 19.1. The van der Waals surface area contributed by atoms with E-state index < -0.39 is 42.1 Å². The van der Waals surface area contributed by atoms with E-state index in [2.05, 4.69) is 0 Å². The topological polar surface area (TPSA) is 72.9 Å². The van der Waals surface area contributed by atoms with Crippen LogP contribution in [0.4, 0.5) is 14.5 Å². The van der Waals surface area contributed by atoms with Gasteiger partial charge in [0.25, 0.3) is 0 Å². The molecule has 0 N–H and O–H groups in total. The minimum absolute atomic E-state index is 0.0788. The van der Waals surface area contributed by atoms with Crippen LogP contribution in [0.1, 0.15) is 16.8 Å². The molecule has 0 saturated heterocycles. The first-order valence-electron chi connectivity index (χ1n) is 8.12. The first-order chi connectivity index (χ1) is 13.0. The van der Waals surface area contributed by atoms with Crippen LogP contribution in [-0.4, -0.2) is 37.4 Å². The molecule has 0 saturated carbocycles. The van der Waals surface area contributed by atoms with Gasteiger partial charge in [0.05, 0.1) is 24.3 Å². The second-order valence-electron chi connectivity index (χ2n) is 5.75. The highest BCUT2D eigenvalue weighted by Gasteiger charge is 2.26.